The van der Waals surface area contributed by atoms with E-state index >= 15 is 0 Å². The zero-order valence-corrected chi connectivity index (χ0v) is 17.1. The van der Waals surface area contributed by atoms with E-state index in [0.29, 0.717) is 17.7 Å². The highest BCUT2D eigenvalue weighted by atomic mass is 32.2. The smallest absolute Gasteiger partial charge is 0.277 e. The van der Waals surface area contributed by atoms with Crippen molar-refractivity contribution >= 4 is 17.7 Å². The number of likely N-dealkylation sites (N-methyl/N-ethyl adjacent to an activating group) is 1. The van der Waals surface area contributed by atoms with Gasteiger partial charge in [0.2, 0.25) is 11.8 Å². The van der Waals surface area contributed by atoms with Crippen molar-refractivity contribution in [3.63, 3.8) is 0 Å². The van der Waals surface area contributed by atoms with Gasteiger partial charge in [-0.25, -0.2) is 0 Å². The molecule has 28 heavy (non-hydrogen) atoms. The molecule has 0 aliphatic rings. The molecule has 0 aliphatic carbocycles. The van der Waals surface area contributed by atoms with E-state index in [9.17, 15) is 4.79 Å². The molecule has 1 aromatic heterocycles. The lowest BCUT2D eigenvalue weighted by Crippen LogP contribution is -3.07. The standard InChI is InChI=1S/C21H24N4O2S/c1-15-8-7-11-17(12-15)20-23-24-21(27-20)28-14-19(26)22-13-18(25(2)3)16-9-5-4-6-10-16/h4-12,18H,13-14H2,1-3H3,(H,22,26)/p+1/t18-/m0/s1. The number of aryl methyl sites for hydroxylation is 1. The summed E-state index contributed by atoms with van der Waals surface area (Å²) in [6.07, 6.45) is 0. The third-order valence-electron chi connectivity index (χ3n) is 4.40. The minimum Gasteiger partial charge on any atom is -0.411 e. The van der Waals surface area contributed by atoms with Crippen LogP contribution in [0, 0.1) is 6.92 Å². The number of amides is 1. The number of hydrogen-bond acceptors (Lipinski definition) is 5. The van der Waals surface area contributed by atoms with Crippen molar-refractivity contribution in [2.75, 3.05) is 26.4 Å². The number of carbonyl (C=O) groups excluding carboxylic acids is 1. The lowest BCUT2D eigenvalue weighted by molar-refractivity contribution is -0.890. The average Bonchev–Trinajstić information content (AvgIpc) is 3.16. The Labute approximate surface area is 169 Å². The van der Waals surface area contributed by atoms with Gasteiger partial charge in [0.1, 0.15) is 6.04 Å². The average molecular weight is 398 g/mol. The normalized spacial score (nSPS) is 12.1. The van der Waals surface area contributed by atoms with Crippen molar-refractivity contribution < 1.29 is 14.1 Å². The molecule has 2 N–H and O–H groups in total. The molecule has 0 unspecified atom stereocenters. The summed E-state index contributed by atoms with van der Waals surface area (Å²) in [6.45, 7) is 2.59. The topological polar surface area (TPSA) is 72.5 Å². The van der Waals surface area contributed by atoms with Gasteiger partial charge in [0.15, 0.2) is 0 Å². The molecule has 1 heterocycles. The van der Waals surface area contributed by atoms with Gasteiger partial charge in [0, 0.05) is 11.1 Å². The van der Waals surface area contributed by atoms with Crippen molar-refractivity contribution in [2.24, 2.45) is 0 Å². The van der Waals surface area contributed by atoms with Crippen LogP contribution in [0.2, 0.25) is 0 Å². The molecule has 1 amide bonds. The number of carbonyl (C=O) groups is 1. The second-order valence-corrected chi connectivity index (χ2v) is 7.80. The quantitative estimate of drug-likeness (QED) is 0.570. The van der Waals surface area contributed by atoms with E-state index in [-0.39, 0.29) is 17.7 Å². The fourth-order valence-corrected chi connectivity index (χ4v) is 3.49. The first kappa shape index (κ1) is 20.1. The van der Waals surface area contributed by atoms with Gasteiger partial charge in [-0.15, -0.1) is 10.2 Å². The molecule has 146 valence electrons. The Morgan fingerprint density at radius 1 is 1.14 bits per heavy atom. The van der Waals surface area contributed by atoms with Gasteiger partial charge >= 0.3 is 0 Å². The van der Waals surface area contributed by atoms with Crippen LogP contribution in [0.15, 0.2) is 64.2 Å². The van der Waals surface area contributed by atoms with Crippen molar-refractivity contribution in [2.45, 2.75) is 18.2 Å². The molecule has 1 atom stereocenters. The number of quaternary nitrogens is 1. The minimum absolute atomic E-state index is 0.0533. The van der Waals surface area contributed by atoms with Crippen LogP contribution in [0.25, 0.3) is 11.5 Å². The highest BCUT2D eigenvalue weighted by Gasteiger charge is 2.19. The summed E-state index contributed by atoms with van der Waals surface area (Å²) in [4.78, 5) is 13.5. The van der Waals surface area contributed by atoms with Crippen molar-refractivity contribution in [1.82, 2.24) is 15.5 Å². The molecular weight excluding hydrogens is 372 g/mol. The number of benzene rings is 2. The predicted octanol–water partition coefficient (Wildman–Crippen LogP) is 2.14. The number of nitrogens with zero attached hydrogens (tertiary/aromatic N) is 2. The molecule has 3 aromatic rings. The molecule has 0 radical (unpaired) electrons. The van der Waals surface area contributed by atoms with Crippen LogP contribution in [0.3, 0.4) is 0 Å². The molecular formula is C21H25N4O2S+. The van der Waals surface area contributed by atoms with Crippen LogP contribution in [0.4, 0.5) is 0 Å². The summed E-state index contributed by atoms with van der Waals surface area (Å²) in [5, 5.41) is 11.5. The molecule has 7 heteroatoms. The van der Waals surface area contributed by atoms with E-state index in [0.717, 1.165) is 11.1 Å². The third kappa shape index (κ3) is 5.43. The number of aromatic nitrogens is 2. The second kappa shape index (κ2) is 9.52. The molecule has 0 spiro atoms. The molecule has 2 aromatic carbocycles. The summed E-state index contributed by atoms with van der Waals surface area (Å²) in [7, 11) is 4.17. The summed E-state index contributed by atoms with van der Waals surface area (Å²) in [5.74, 6) is 0.647. The first-order chi connectivity index (χ1) is 13.5. The van der Waals surface area contributed by atoms with E-state index < -0.39 is 0 Å². The molecule has 0 aliphatic heterocycles. The van der Waals surface area contributed by atoms with E-state index in [1.54, 1.807) is 0 Å². The van der Waals surface area contributed by atoms with Gasteiger partial charge in [-0.1, -0.05) is 59.8 Å². The Morgan fingerprint density at radius 2 is 1.93 bits per heavy atom. The zero-order valence-electron chi connectivity index (χ0n) is 16.3. The zero-order chi connectivity index (χ0) is 19.9. The Hall–Kier alpha value is -2.64. The maximum Gasteiger partial charge on any atom is 0.277 e. The van der Waals surface area contributed by atoms with E-state index in [4.69, 9.17) is 4.42 Å². The fourth-order valence-electron chi connectivity index (χ4n) is 2.90. The van der Waals surface area contributed by atoms with Crippen molar-refractivity contribution in [1.29, 1.82) is 0 Å². The molecule has 0 fully saturated rings. The number of hydrogen-bond donors (Lipinski definition) is 2. The number of thioether (sulfide) groups is 1. The Balaban J connectivity index is 1.52. The van der Waals surface area contributed by atoms with Gasteiger partial charge in [0.25, 0.3) is 5.22 Å². The SMILES string of the molecule is Cc1cccc(-c2nnc(SCC(=O)NC[C@@H](c3ccccc3)[NH+](C)C)o2)c1. The monoisotopic (exact) mass is 397 g/mol. The van der Waals surface area contributed by atoms with Crippen LogP contribution in [-0.2, 0) is 4.79 Å². The largest absolute Gasteiger partial charge is 0.411 e. The lowest BCUT2D eigenvalue weighted by atomic mass is 10.1. The predicted molar refractivity (Wildman–Crippen MR) is 110 cm³/mol. The summed E-state index contributed by atoms with van der Waals surface area (Å²) in [6, 6.07) is 18.3. The van der Waals surface area contributed by atoms with Crippen LogP contribution in [0.1, 0.15) is 17.2 Å². The number of nitrogens with one attached hydrogen (secondary N) is 2. The lowest BCUT2D eigenvalue weighted by Gasteiger charge is -2.22. The maximum atomic E-state index is 12.3. The molecule has 0 bridgehead atoms. The molecule has 0 saturated carbocycles. The second-order valence-electron chi connectivity index (χ2n) is 6.88. The van der Waals surface area contributed by atoms with Crippen molar-refractivity contribution in [3.05, 3.63) is 65.7 Å². The fraction of sp³-hybridized carbons (Fsp3) is 0.286. The van der Waals surface area contributed by atoms with Gasteiger partial charge in [-0.3, -0.25) is 4.79 Å². The van der Waals surface area contributed by atoms with Gasteiger partial charge in [0.05, 0.1) is 26.4 Å². The molecule has 3 rings (SSSR count). The van der Waals surface area contributed by atoms with Gasteiger partial charge < -0.3 is 14.6 Å². The Kier molecular flexibility index (Phi) is 6.84. The van der Waals surface area contributed by atoms with Crippen LogP contribution in [0.5, 0.6) is 0 Å². The Morgan fingerprint density at radius 3 is 2.64 bits per heavy atom. The first-order valence-electron chi connectivity index (χ1n) is 9.18. The van der Waals surface area contributed by atoms with Crippen LogP contribution in [-0.4, -0.2) is 42.5 Å². The summed E-state index contributed by atoms with van der Waals surface area (Å²) >= 11 is 1.24. The summed E-state index contributed by atoms with van der Waals surface area (Å²) < 4.78 is 5.66. The van der Waals surface area contributed by atoms with Crippen molar-refractivity contribution in [3.8, 4) is 11.5 Å². The maximum absolute atomic E-state index is 12.3. The van der Waals surface area contributed by atoms with E-state index in [1.807, 2.05) is 49.4 Å². The Bertz CT molecular complexity index is 912. The van der Waals surface area contributed by atoms with Crippen LogP contribution >= 0.6 is 11.8 Å². The highest BCUT2D eigenvalue weighted by Crippen LogP contribution is 2.23. The number of rotatable bonds is 8. The first-order valence-corrected chi connectivity index (χ1v) is 10.2. The van der Waals surface area contributed by atoms with Crippen LogP contribution < -0.4 is 10.2 Å². The van der Waals surface area contributed by atoms with E-state index in [2.05, 4.69) is 41.7 Å². The molecule has 6 nitrogen and oxygen atoms in total. The highest BCUT2D eigenvalue weighted by molar-refractivity contribution is 7.99. The minimum atomic E-state index is -0.0533. The molecule has 0 saturated heterocycles. The van der Waals surface area contributed by atoms with Gasteiger partial charge in [-0.2, -0.15) is 0 Å². The summed E-state index contributed by atoms with van der Waals surface area (Å²) in [5.41, 5.74) is 3.21. The van der Waals surface area contributed by atoms with Gasteiger partial charge in [-0.05, 0) is 19.1 Å². The third-order valence-corrected chi connectivity index (χ3v) is 5.22. The van der Waals surface area contributed by atoms with E-state index in [1.165, 1.54) is 22.2 Å².